The van der Waals surface area contributed by atoms with Gasteiger partial charge < -0.3 is 11.5 Å². The lowest BCUT2D eigenvalue weighted by Crippen LogP contribution is -2.07. The van der Waals surface area contributed by atoms with E-state index in [0.29, 0.717) is 0 Å². The third-order valence-corrected chi connectivity index (χ3v) is 1.17. The summed E-state index contributed by atoms with van der Waals surface area (Å²) in [7, 11) is 0. The molecular weight excluding hydrogens is 100 g/mol. The molecule has 0 radical (unpaired) electrons. The molecule has 0 amide bonds. The van der Waals surface area contributed by atoms with Gasteiger partial charge in [0.05, 0.1) is 0 Å². The Labute approximate surface area is 50.6 Å². The highest BCUT2D eigenvalue weighted by Crippen LogP contribution is 1.98. The van der Waals surface area contributed by atoms with Gasteiger partial charge in [-0.25, -0.2) is 0 Å². The van der Waals surface area contributed by atoms with Gasteiger partial charge >= 0.3 is 0 Å². The first kappa shape index (κ1) is 7.34. The minimum absolute atomic E-state index is 0.826. The summed E-state index contributed by atoms with van der Waals surface area (Å²) < 4.78 is 0. The topological polar surface area (TPSA) is 52.0 Å². The molecule has 0 aliphatic rings. The molecule has 2 heteroatoms. The van der Waals surface area contributed by atoms with E-state index >= 15 is 0 Å². The number of rotatable bonds is 2. The van der Waals surface area contributed by atoms with Crippen LogP contribution in [-0.2, 0) is 0 Å². The summed E-state index contributed by atoms with van der Waals surface area (Å²) >= 11 is 0. The van der Waals surface area contributed by atoms with E-state index in [4.69, 9.17) is 11.5 Å². The number of nitrogens with two attached hydrogens (primary N) is 2. The van der Waals surface area contributed by atoms with Crippen LogP contribution in [0.2, 0.25) is 0 Å². The molecular formula is C6H14N2. The lowest BCUT2D eigenvalue weighted by Gasteiger charge is -1.99. The zero-order chi connectivity index (χ0) is 6.57. The van der Waals surface area contributed by atoms with Crippen molar-refractivity contribution in [2.75, 3.05) is 0 Å². The molecule has 0 aromatic rings. The Morgan fingerprint density at radius 3 is 1.38 bits per heavy atom. The van der Waals surface area contributed by atoms with Gasteiger partial charge in [-0.2, -0.15) is 0 Å². The van der Waals surface area contributed by atoms with Gasteiger partial charge in [0.1, 0.15) is 0 Å². The van der Waals surface area contributed by atoms with Crippen molar-refractivity contribution < 1.29 is 0 Å². The predicted molar refractivity (Wildman–Crippen MR) is 36.0 cm³/mol. The van der Waals surface area contributed by atoms with Crippen LogP contribution in [0.4, 0.5) is 0 Å². The van der Waals surface area contributed by atoms with Crippen LogP contribution in [0, 0.1) is 0 Å². The quantitative estimate of drug-likeness (QED) is 0.561. The smallest absolute Gasteiger partial charge is 0.0268 e. The van der Waals surface area contributed by atoms with Gasteiger partial charge in [-0.05, 0) is 12.8 Å². The van der Waals surface area contributed by atoms with Crippen LogP contribution in [0.1, 0.15) is 26.7 Å². The fraction of sp³-hybridized carbons (Fsp3) is 0.667. The second-order valence-corrected chi connectivity index (χ2v) is 1.76. The molecule has 8 heavy (non-hydrogen) atoms. The Hall–Kier alpha value is -0.660. The molecule has 0 atom stereocenters. The zero-order valence-corrected chi connectivity index (χ0v) is 5.57. The molecule has 0 unspecified atom stereocenters. The van der Waals surface area contributed by atoms with Crippen molar-refractivity contribution in [2.45, 2.75) is 26.7 Å². The maximum atomic E-state index is 5.48. The summed E-state index contributed by atoms with van der Waals surface area (Å²) in [6, 6.07) is 0. The molecule has 4 N–H and O–H groups in total. The van der Waals surface area contributed by atoms with E-state index in [1.165, 1.54) is 0 Å². The lowest BCUT2D eigenvalue weighted by atomic mass is 10.2. The summed E-state index contributed by atoms with van der Waals surface area (Å²) in [6.45, 7) is 4.00. The van der Waals surface area contributed by atoms with E-state index in [-0.39, 0.29) is 0 Å². The van der Waals surface area contributed by atoms with E-state index in [2.05, 4.69) is 0 Å². The summed E-state index contributed by atoms with van der Waals surface area (Å²) in [5, 5.41) is 0. The van der Waals surface area contributed by atoms with Crippen LogP contribution in [0.3, 0.4) is 0 Å². The first-order valence-electron chi connectivity index (χ1n) is 2.95. The Balaban J connectivity index is 3.83. The fourth-order valence-corrected chi connectivity index (χ4v) is 0.454. The van der Waals surface area contributed by atoms with Crippen molar-refractivity contribution >= 4 is 0 Å². The van der Waals surface area contributed by atoms with Crippen LogP contribution in [0.15, 0.2) is 11.4 Å². The lowest BCUT2D eigenvalue weighted by molar-refractivity contribution is 0.949. The van der Waals surface area contributed by atoms with E-state index < -0.39 is 0 Å². The van der Waals surface area contributed by atoms with Crippen molar-refractivity contribution in [2.24, 2.45) is 11.5 Å². The monoisotopic (exact) mass is 114 g/mol. The van der Waals surface area contributed by atoms with Gasteiger partial charge in [0.25, 0.3) is 0 Å². The van der Waals surface area contributed by atoms with Gasteiger partial charge in [-0.1, -0.05) is 13.8 Å². The van der Waals surface area contributed by atoms with Crippen molar-refractivity contribution in [3.8, 4) is 0 Å². The molecule has 2 nitrogen and oxygen atoms in total. The number of hydrogen-bond donors (Lipinski definition) is 2. The highest BCUT2D eigenvalue weighted by Gasteiger charge is 1.89. The van der Waals surface area contributed by atoms with Gasteiger partial charge in [0.15, 0.2) is 0 Å². The highest BCUT2D eigenvalue weighted by molar-refractivity contribution is 5.05. The molecule has 0 saturated heterocycles. The van der Waals surface area contributed by atoms with Crippen LogP contribution in [0.5, 0.6) is 0 Å². The third-order valence-electron chi connectivity index (χ3n) is 1.17. The van der Waals surface area contributed by atoms with E-state index in [9.17, 15) is 0 Å². The highest BCUT2D eigenvalue weighted by atomic mass is 14.7. The van der Waals surface area contributed by atoms with Crippen LogP contribution < -0.4 is 11.5 Å². The van der Waals surface area contributed by atoms with E-state index in [1.807, 2.05) is 13.8 Å². The van der Waals surface area contributed by atoms with Gasteiger partial charge in [-0.15, -0.1) is 0 Å². The first-order valence-corrected chi connectivity index (χ1v) is 2.95. The number of allylic oxidation sites excluding steroid dienone is 2. The van der Waals surface area contributed by atoms with E-state index in [1.54, 1.807) is 0 Å². The second-order valence-electron chi connectivity index (χ2n) is 1.76. The van der Waals surface area contributed by atoms with Crippen LogP contribution in [-0.4, -0.2) is 0 Å². The van der Waals surface area contributed by atoms with Crippen molar-refractivity contribution in [3.05, 3.63) is 11.4 Å². The maximum absolute atomic E-state index is 5.48. The normalized spacial score (nSPS) is 13.2. The van der Waals surface area contributed by atoms with Crippen LogP contribution >= 0.6 is 0 Å². The molecule has 0 fully saturated rings. The van der Waals surface area contributed by atoms with E-state index in [0.717, 1.165) is 24.2 Å². The summed E-state index contributed by atoms with van der Waals surface area (Å²) in [5.41, 5.74) is 12.6. The molecule has 0 spiro atoms. The van der Waals surface area contributed by atoms with Crippen molar-refractivity contribution in [1.29, 1.82) is 0 Å². The Morgan fingerprint density at radius 1 is 1.00 bits per heavy atom. The predicted octanol–water partition coefficient (Wildman–Crippen LogP) is 0.935. The zero-order valence-electron chi connectivity index (χ0n) is 5.57. The molecule has 0 aromatic carbocycles. The molecule has 48 valence electrons. The Kier molecular flexibility index (Phi) is 3.08. The third kappa shape index (κ3) is 1.87. The molecule has 0 rings (SSSR count). The summed E-state index contributed by atoms with van der Waals surface area (Å²) in [5.74, 6) is 0. The molecule has 0 heterocycles. The van der Waals surface area contributed by atoms with Gasteiger partial charge in [0.2, 0.25) is 0 Å². The second kappa shape index (κ2) is 3.36. The molecule has 0 aliphatic carbocycles. The SMILES string of the molecule is CC/C(N)=C(\N)CC. The van der Waals surface area contributed by atoms with Crippen molar-refractivity contribution in [3.63, 3.8) is 0 Å². The Bertz CT molecular complexity index is 82.7. The van der Waals surface area contributed by atoms with Crippen molar-refractivity contribution in [1.82, 2.24) is 0 Å². The van der Waals surface area contributed by atoms with Crippen LogP contribution in [0.25, 0.3) is 0 Å². The Morgan fingerprint density at radius 2 is 1.25 bits per heavy atom. The average Bonchev–Trinajstić information content (AvgIpc) is 1.84. The summed E-state index contributed by atoms with van der Waals surface area (Å²) in [6.07, 6.45) is 1.72. The van der Waals surface area contributed by atoms with Gasteiger partial charge in [-0.3, -0.25) is 0 Å². The molecule has 0 bridgehead atoms. The molecule has 0 saturated carbocycles. The first-order chi connectivity index (χ1) is 3.72. The standard InChI is InChI=1S/C6H14N2/c1-3-5(7)6(8)4-2/h3-4,7-8H2,1-2H3/b6-5+. The minimum Gasteiger partial charge on any atom is -0.401 e. The average molecular weight is 114 g/mol. The number of hydrogen-bond acceptors (Lipinski definition) is 2. The molecule has 0 aliphatic heterocycles. The minimum atomic E-state index is 0.826. The van der Waals surface area contributed by atoms with Gasteiger partial charge in [0, 0.05) is 11.4 Å². The largest absolute Gasteiger partial charge is 0.401 e. The summed E-state index contributed by atoms with van der Waals surface area (Å²) in [4.78, 5) is 0. The maximum Gasteiger partial charge on any atom is 0.0268 e. The molecule has 0 aromatic heterocycles. The fourth-order valence-electron chi connectivity index (χ4n) is 0.454.